The maximum atomic E-state index is 9.55. The molecule has 0 radical (unpaired) electrons. The number of hydrogen-bond donors (Lipinski definition) is 2. The molecule has 0 bridgehead atoms. The number of nitrogens with zero attached hydrogens (tertiary/aromatic N) is 1. The average Bonchev–Trinajstić information content (AvgIpc) is 2.82. The van der Waals surface area contributed by atoms with Crippen molar-refractivity contribution in [2.45, 2.75) is 6.92 Å². The predicted molar refractivity (Wildman–Crippen MR) is 77.9 cm³/mol. The zero-order valence-electron chi connectivity index (χ0n) is 10.6. The normalized spacial score (nSPS) is 11.4. The highest BCUT2D eigenvalue weighted by molar-refractivity contribution is 5.89. The van der Waals surface area contributed by atoms with E-state index >= 15 is 0 Å². The number of hydrogen-bond acceptors (Lipinski definition) is 2. The number of nitrogens with one attached hydrogen (secondary N) is 1. The van der Waals surface area contributed by atoms with Gasteiger partial charge in [-0.05, 0) is 30.7 Å². The van der Waals surface area contributed by atoms with Gasteiger partial charge in [0, 0.05) is 28.9 Å². The molecule has 3 heteroatoms. The van der Waals surface area contributed by atoms with Gasteiger partial charge in [-0.1, -0.05) is 24.3 Å². The molecule has 0 aliphatic heterocycles. The number of pyridine rings is 1. The summed E-state index contributed by atoms with van der Waals surface area (Å²) in [7, 11) is 0. The lowest BCUT2D eigenvalue weighted by atomic mass is 10.1. The molecule has 0 saturated carbocycles. The molecule has 2 aromatic heterocycles. The number of allylic oxidation sites excluding steroid dienone is 1. The van der Waals surface area contributed by atoms with Crippen LogP contribution in [0.5, 0.6) is 5.75 Å². The number of aromatic hydroxyl groups is 1. The maximum absolute atomic E-state index is 9.55. The Hall–Kier alpha value is -2.55. The molecule has 0 fully saturated rings. The molecule has 1 aromatic carbocycles. The summed E-state index contributed by atoms with van der Waals surface area (Å²) in [6.07, 6.45) is 7.81. The lowest BCUT2D eigenvalue weighted by Crippen LogP contribution is -1.82. The highest BCUT2D eigenvalue weighted by Crippen LogP contribution is 2.27. The molecule has 0 saturated heterocycles. The lowest BCUT2D eigenvalue weighted by Gasteiger charge is -2.02. The first kappa shape index (κ1) is 11.5. The Bertz CT molecular complexity index is 756. The Morgan fingerprint density at radius 1 is 1.21 bits per heavy atom. The van der Waals surface area contributed by atoms with Gasteiger partial charge in [-0.15, -0.1) is 0 Å². The summed E-state index contributed by atoms with van der Waals surface area (Å²) in [5, 5.41) is 10.6. The minimum atomic E-state index is 0.264. The summed E-state index contributed by atoms with van der Waals surface area (Å²) < 4.78 is 0. The van der Waals surface area contributed by atoms with E-state index in [0.29, 0.717) is 0 Å². The van der Waals surface area contributed by atoms with Gasteiger partial charge in [0.05, 0.1) is 0 Å². The van der Waals surface area contributed by atoms with Gasteiger partial charge < -0.3 is 10.1 Å². The van der Waals surface area contributed by atoms with E-state index in [2.05, 4.69) is 16.0 Å². The van der Waals surface area contributed by atoms with Crippen LogP contribution in [0.1, 0.15) is 12.5 Å². The summed E-state index contributed by atoms with van der Waals surface area (Å²) in [5.41, 5.74) is 3.94. The molecule has 2 N–H and O–H groups in total. The van der Waals surface area contributed by atoms with E-state index < -0.39 is 0 Å². The van der Waals surface area contributed by atoms with Crippen LogP contribution in [0.4, 0.5) is 0 Å². The van der Waals surface area contributed by atoms with E-state index in [1.807, 2.05) is 43.6 Å². The van der Waals surface area contributed by atoms with Crippen molar-refractivity contribution in [3.8, 4) is 16.9 Å². The molecule has 2 heterocycles. The van der Waals surface area contributed by atoms with Crippen molar-refractivity contribution in [2.24, 2.45) is 0 Å². The van der Waals surface area contributed by atoms with Crippen LogP contribution in [0.25, 0.3) is 28.2 Å². The van der Waals surface area contributed by atoms with E-state index in [0.717, 1.165) is 27.7 Å². The van der Waals surface area contributed by atoms with Gasteiger partial charge in [-0.25, -0.2) is 4.98 Å². The van der Waals surface area contributed by atoms with Crippen LogP contribution in [-0.4, -0.2) is 15.1 Å². The van der Waals surface area contributed by atoms with Crippen LogP contribution in [0.3, 0.4) is 0 Å². The van der Waals surface area contributed by atoms with Crippen molar-refractivity contribution < 1.29 is 5.11 Å². The first-order valence-electron chi connectivity index (χ1n) is 6.17. The van der Waals surface area contributed by atoms with Crippen LogP contribution in [-0.2, 0) is 0 Å². The van der Waals surface area contributed by atoms with Crippen LogP contribution >= 0.6 is 0 Å². The van der Waals surface area contributed by atoms with Crippen LogP contribution in [0, 0.1) is 0 Å². The largest absolute Gasteiger partial charge is 0.508 e. The number of rotatable bonds is 2. The number of phenolic OH excluding ortho intramolecular Hbond substituents is 1. The first-order valence-corrected chi connectivity index (χ1v) is 6.17. The second kappa shape index (κ2) is 4.61. The van der Waals surface area contributed by atoms with Crippen LogP contribution in [0.2, 0.25) is 0 Å². The monoisotopic (exact) mass is 250 g/mol. The molecular formula is C16H14N2O. The first-order chi connectivity index (χ1) is 9.28. The lowest BCUT2D eigenvalue weighted by molar-refractivity contribution is 0.475. The third-order valence-corrected chi connectivity index (χ3v) is 3.09. The van der Waals surface area contributed by atoms with Crippen molar-refractivity contribution in [2.75, 3.05) is 0 Å². The van der Waals surface area contributed by atoms with Gasteiger partial charge in [-0.2, -0.15) is 0 Å². The highest BCUT2D eigenvalue weighted by atomic mass is 16.3. The van der Waals surface area contributed by atoms with Crippen molar-refractivity contribution in [3.63, 3.8) is 0 Å². The fourth-order valence-corrected chi connectivity index (χ4v) is 2.18. The van der Waals surface area contributed by atoms with Gasteiger partial charge in [0.1, 0.15) is 11.4 Å². The zero-order valence-corrected chi connectivity index (χ0v) is 10.6. The molecule has 0 unspecified atom stereocenters. The van der Waals surface area contributed by atoms with E-state index in [9.17, 15) is 5.11 Å². The molecule has 0 aliphatic carbocycles. The van der Waals surface area contributed by atoms with E-state index in [-0.39, 0.29) is 5.75 Å². The summed E-state index contributed by atoms with van der Waals surface area (Å²) in [5.74, 6) is 0.264. The molecule has 0 atom stereocenters. The molecule has 3 nitrogen and oxygen atoms in total. The Morgan fingerprint density at radius 2 is 2.11 bits per heavy atom. The fourth-order valence-electron chi connectivity index (χ4n) is 2.18. The number of aromatic nitrogens is 2. The molecule has 0 aliphatic rings. The van der Waals surface area contributed by atoms with E-state index in [1.165, 1.54) is 0 Å². The Morgan fingerprint density at radius 3 is 2.89 bits per heavy atom. The van der Waals surface area contributed by atoms with Crippen LogP contribution in [0.15, 0.2) is 48.8 Å². The fraction of sp³-hybridized carbons (Fsp3) is 0.0625. The molecule has 19 heavy (non-hydrogen) atoms. The third kappa shape index (κ3) is 2.10. The van der Waals surface area contributed by atoms with Gasteiger partial charge in [0.25, 0.3) is 0 Å². The number of phenols is 1. The Balaban J connectivity index is 2.17. The van der Waals surface area contributed by atoms with Crippen molar-refractivity contribution in [1.82, 2.24) is 9.97 Å². The second-order valence-electron chi connectivity index (χ2n) is 4.41. The maximum Gasteiger partial charge on any atom is 0.137 e. The molecule has 94 valence electrons. The quantitative estimate of drug-likeness (QED) is 0.723. The van der Waals surface area contributed by atoms with Crippen molar-refractivity contribution in [1.29, 1.82) is 0 Å². The second-order valence-corrected chi connectivity index (χ2v) is 4.41. The van der Waals surface area contributed by atoms with Gasteiger partial charge >= 0.3 is 0 Å². The molecule has 3 rings (SSSR count). The predicted octanol–water partition coefficient (Wildman–Crippen LogP) is 3.97. The van der Waals surface area contributed by atoms with Crippen LogP contribution < -0.4 is 0 Å². The standard InChI is InChI=1S/C16H14N2O/c1-2-4-12-9-17-16-15(12)8-13(10-18-16)11-5-3-6-14(19)7-11/h2-10,19H,1H3,(H,17,18)/b4-2+. The SMILES string of the molecule is C/C=C/c1c[nH]c2ncc(-c3cccc(O)c3)cc12. The van der Waals surface area contributed by atoms with Gasteiger partial charge in [-0.3, -0.25) is 0 Å². The van der Waals surface area contributed by atoms with Gasteiger partial charge in [0.2, 0.25) is 0 Å². The summed E-state index contributed by atoms with van der Waals surface area (Å²) in [6, 6.07) is 9.29. The smallest absolute Gasteiger partial charge is 0.137 e. The highest BCUT2D eigenvalue weighted by Gasteiger charge is 2.05. The van der Waals surface area contributed by atoms with Crippen molar-refractivity contribution >= 4 is 17.1 Å². The topological polar surface area (TPSA) is 48.9 Å². The number of benzene rings is 1. The summed E-state index contributed by atoms with van der Waals surface area (Å²) in [6.45, 7) is 1.99. The minimum Gasteiger partial charge on any atom is -0.508 e. The molecule has 0 spiro atoms. The number of H-pyrrole nitrogens is 1. The average molecular weight is 250 g/mol. The Labute approximate surface area is 111 Å². The summed E-state index contributed by atoms with van der Waals surface area (Å²) in [4.78, 5) is 7.57. The Kier molecular flexibility index (Phi) is 2.80. The summed E-state index contributed by atoms with van der Waals surface area (Å²) >= 11 is 0. The number of aromatic amines is 1. The molecule has 0 amide bonds. The van der Waals surface area contributed by atoms with Crippen molar-refractivity contribution in [3.05, 3.63) is 54.4 Å². The van der Waals surface area contributed by atoms with E-state index in [4.69, 9.17) is 0 Å². The third-order valence-electron chi connectivity index (χ3n) is 3.09. The van der Waals surface area contributed by atoms with E-state index in [1.54, 1.807) is 12.1 Å². The molecular weight excluding hydrogens is 236 g/mol. The molecule has 3 aromatic rings. The number of fused-ring (bicyclic) bond motifs is 1. The van der Waals surface area contributed by atoms with Gasteiger partial charge in [0.15, 0.2) is 0 Å². The minimum absolute atomic E-state index is 0.264. The zero-order chi connectivity index (χ0) is 13.2.